The molecule has 0 saturated heterocycles. The van der Waals surface area contributed by atoms with Gasteiger partial charge in [-0.05, 0) is 12.1 Å². The van der Waals surface area contributed by atoms with E-state index in [0.717, 1.165) is 23.5 Å². The Hall–Kier alpha value is -1.87. The van der Waals surface area contributed by atoms with Crippen molar-refractivity contribution in [1.29, 1.82) is 0 Å². The molecule has 0 radical (unpaired) electrons. The van der Waals surface area contributed by atoms with E-state index in [9.17, 15) is 22.0 Å². The number of thiazole rings is 1. The van der Waals surface area contributed by atoms with Crippen molar-refractivity contribution in [3.8, 4) is 0 Å². The summed E-state index contributed by atoms with van der Waals surface area (Å²) >= 11 is 0.771. The van der Waals surface area contributed by atoms with Gasteiger partial charge in [-0.15, -0.1) is 11.3 Å². The Kier molecular flexibility index (Phi) is 3.82. The summed E-state index contributed by atoms with van der Waals surface area (Å²) in [6.07, 6.45) is 0. The lowest BCUT2D eigenvalue weighted by molar-refractivity contribution is 0.0696. The molecule has 2 aromatic rings. The van der Waals surface area contributed by atoms with E-state index in [1.54, 1.807) is 0 Å². The number of carboxylic acid groups (broad SMARTS) is 1. The predicted molar refractivity (Wildman–Crippen MR) is 66.3 cm³/mol. The van der Waals surface area contributed by atoms with E-state index < -0.39 is 38.1 Å². The molecule has 9 heteroatoms. The molecule has 0 saturated carbocycles. The molecule has 0 unspecified atom stereocenters. The van der Waals surface area contributed by atoms with Gasteiger partial charge in [-0.25, -0.2) is 27.0 Å². The van der Waals surface area contributed by atoms with Crippen molar-refractivity contribution in [3.63, 3.8) is 0 Å². The molecular formula is C11H7F2NO4S2. The molecule has 0 aliphatic rings. The van der Waals surface area contributed by atoms with E-state index in [1.165, 1.54) is 5.38 Å². The lowest BCUT2D eigenvalue weighted by Crippen LogP contribution is -2.08. The highest BCUT2D eigenvalue weighted by molar-refractivity contribution is 7.90. The first-order valence-electron chi connectivity index (χ1n) is 5.15. The third-order valence-electron chi connectivity index (χ3n) is 2.30. The first-order chi connectivity index (χ1) is 9.29. The number of hydrogen-bond donors (Lipinski definition) is 1. The summed E-state index contributed by atoms with van der Waals surface area (Å²) in [4.78, 5) is 13.6. The van der Waals surface area contributed by atoms with Crippen LogP contribution in [0.1, 0.15) is 15.5 Å². The van der Waals surface area contributed by atoms with Crippen LogP contribution in [0.5, 0.6) is 0 Å². The van der Waals surface area contributed by atoms with Crippen molar-refractivity contribution >= 4 is 27.1 Å². The maximum atomic E-state index is 13.5. The van der Waals surface area contributed by atoms with Gasteiger partial charge in [0.2, 0.25) is 5.01 Å². The summed E-state index contributed by atoms with van der Waals surface area (Å²) < 4.78 is 50.1. The lowest BCUT2D eigenvalue weighted by Gasteiger charge is -2.04. The average Bonchev–Trinajstić information content (AvgIpc) is 2.76. The summed E-state index contributed by atoms with van der Waals surface area (Å²) in [6.45, 7) is 0. The third kappa shape index (κ3) is 2.99. The number of aromatic carboxylic acids is 1. The van der Waals surface area contributed by atoms with Gasteiger partial charge in [0.05, 0.1) is 11.4 Å². The zero-order valence-electron chi connectivity index (χ0n) is 9.71. The van der Waals surface area contributed by atoms with E-state index in [0.29, 0.717) is 6.07 Å². The SMILES string of the molecule is O=C(O)c1nc(CS(=O)(=O)c2ccc(F)cc2F)cs1. The molecule has 20 heavy (non-hydrogen) atoms. The van der Waals surface area contributed by atoms with Crippen LogP contribution in [0.15, 0.2) is 28.5 Å². The number of nitrogens with zero attached hydrogens (tertiary/aromatic N) is 1. The Labute approximate surface area is 116 Å². The van der Waals surface area contributed by atoms with Crippen molar-refractivity contribution in [2.45, 2.75) is 10.6 Å². The molecule has 0 fully saturated rings. The lowest BCUT2D eigenvalue weighted by atomic mass is 10.3. The van der Waals surface area contributed by atoms with Crippen molar-refractivity contribution in [2.75, 3.05) is 0 Å². The molecule has 0 atom stereocenters. The Morgan fingerprint density at radius 3 is 2.60 bits per heavy atom. The molecule has 2 rings (SSSR count). The van der Waals surface area contributed by atoms with Gasteiger partial charge in [-0.2, -0.15) is 0 Å². The molecule has 1 heterocycles. The average molecular weight is 319 g/mol. The van der Waals surface area contributed by atoms with E-state index in [2.05, 4.69) is 4.98 Å². The minimum absolute atomic E-state index is 0.00359. The van der Waals surface area contributed by atoms with Gasteiger partial charge in [-0.3, -0.25) is 0 Å². The monoisotopic (exact) mass is 319 g/mol. The van der Waals surface area contributed by atoms with Crippen LogP contribution in [0.3, 0.4) is 0 Å². The van der Waals surface area contributed by atoms with Crippen LogP contribution >= 0.6 is 11.3 Å². The van der Waals surface area contributed by atoms with Crippen LogP contribution in [0.2, 0.25) is 0 Å². The minimum Gasteiger partial charge on any atom is -0.476 e. The van der Waals surface area contributed by atoms with Crippen molar-refractivity contribution in [3.05, 3.63) is 45.9 Å². The van der Waals surface area contributed by atoms with Crippen LogP contribution in [0, 0.1) is 11.6 Å². The van der Waals surface area contributed by atoms with E-state index in [-0.39, 0.29) is 10.7 Å². The van der Waals surface area contributed by atoms with E-state index >= 15 is 0 Å². The van der Waals surface area contributed by atoms with E-state index in [4.69, 9.17) is 5.11 Å². The summed E-state index contributed by atoms with van der Waals surface area (Å²) in [7, 11) is -4.06. The minimum atomic E-state index is -4.06. The topological polar surface area (TPSA) is 84.3 Å². The van der Waals surface area contributed by atoms with Crippen LogP contribution in [-0.4, -0.2) is 24.5 Å². The Morgan fingerprint density at radius 2 is 2.05 bits per heavy atom. The number of benzene rings is 1. The Morgan fingerprint density at radius 1 is 1.35 bits per heavy atom. The molecule has 106 valence electrons. The molecule has 0 aliphatic heterocycles. The molecule has 0 aliphatic carbocycles. The van der Waals surface area contributed by atoms with Crippen LogP contribution in [-0.2, 0) is 15.6 Å². The van der Waals surface area contributed by atoms with Crippen molar-refractivity contribution < 1.29 is 27.1 Å². The summed E-state index contributed by atoms with van der Waals surface area (Å²) in [6, 6.07) is 2.13. The predicted octanol–water partition coefficient (Wildman–Crippen LogP) is 2.09. The van der Waals surface area contributed by atoms with Crippen LogP contribution in [0.25, 0.3) is 0 Å². The quantitative estimate of drug-likeness (QED) is 0.872. The maximum Gasteiger partial charge on any atom is 0.365 e. The molecule has 1 aromatic heterocycles. The number of halogens is 2. The number of carbonyl (C=O) groups is 1. The zero-order valence-corrected chi connectivity index (χ0v) is 11.3. The number of sulfone groups is 1. The van der Waals surface area contributed by atoms with Crippen LogP contribution < -0.4 is 0 Å². The first kappa shape index (κ1) is 14.5. The Balaban J connectivity index is 2.33. The van der Waals surface area contributed by atoms with Gasteiger partial charge in [0, 0.05) is 11.4 Å². The smallest absolute Gasteiger partial charge is 0.365 e. The van der Waals surface area contributed by atoms with Crippen molar-refractivity contribution in [2.24, 2.45) is 0 Å². The molecule has 0 bridgehead atoms. The van der Waals surface area contributed by atoms with Gasteiger partial charge in [-0.1, -0.05) is 0 Å². The second-order valence-electron chi connectivity index (χ2n) is 3.78. The highest BCUT2D eigenvalue weighted by Gasteiger charge is 2.22. The fourth-order valence-corrected chi connectivity index (χ4v) is 3.56. The standard InChI is InChI=1S/C11H7F2NO4S2/c12-6-1-2-9(8(13)3-6)20(17,18)5-7-4-19-10(14-7)11(15)16/h1-4H,5H2,(H,15,16). The van der Waals surface area contributed by atoms with Gasteiger partial charge >= 0.3 is 5.97 Å². The normalized spacial score (nSPS) is 11.5. The fraction of sp³-hybridized carbons (Fsp3) is 0.0909. The number of rotatable bonds is 4. The molecule has 1 aromatic carbocycles. The molecule has 1 N–H and O–H groups in total. The highest BCUT2D eigenvalue weighted by Crippen LogP contribution is 2.21. The second-order valence-corrected chi connectivity index (χ2v) is 6.60. The van der Waals surface area contributed by atoms with Gasteiger partial charge in [0.25, 0.3) is 0 Å². The fourth-order valence-electron chi connectivity index (χ4n) is 1.47. The van der Waals surface area contributed by atoms with Crippen LogP contribution in [0.4, 0.5) is 8.78 Å². The van der Waals surface area contributed by atoms with Gasteiger partial charge < -0.3 is 5.11 Å². The second kappa shape index (κ2) is 5.25. The highest BCUT2D eigenvalue weighted by atomic mass is 32.2. The third-order valence-corrected chi connectivity index (χ3v) is 4.86. The Bertz CT molecular complexity index is 770. The van der Waals surface area contributed by atoms with E-state index in [1.807, 2.05) is 0 Å². The molecule has 0 spiro atoms. The largest absolute Gasteiger partial charge is 0.476 e. The summed E-state index contributed by atoms with van der Waals surface area (Å²) in [5.41, 5.74) is -0.00359. The van der Waals surface area contributed by atoms with Crippen molar-refractivity contribution in [1.82, 2.24) is 4.98 Å². The zero-order chi connectivity index (χ0) is 14.9. The number of hydrogen-bond acceptors (Lipinski definition) is 5. The summed E-state index contributed by atoms with van der Waals surface area (Å²) in [5, 5.41) is 9.70. The van der Waals surface area contributed by atoms with Gasteiger partial charge in [0.15, 0.2) is 9.84 Å². The van der Waals surface area contributed by atoms with Gasteiger partial charge in [0.1, 0.15) is 16.5 Å². The molecular weight excluding hydrogens is 312 g/mol. The summed E-state index contributed by atoms with van der Waals surface area (Å²) in [5.74, 6) is -4.01. The number of carboxylic acids is 1. The molecule has 5 nitrogen and oxygen atoms in total. The molecule has 0 amide bonds. The maximum absolute atomic E-state index is 13.5. The first-order valence-corrected chi connectivity index (χ1v) is 7.68. The number of aromatic nitrogens is 1.